The van der Waals surface area contributed by atoms with Gasteiger partial charge in [-0.05, 0) is 44.2 Å². The van der Waals surface area contributed by atoms with E-state index in [1.807, 2.05) is 38.1 Å². The first-order chi connectivity index (χ1) is 12.4. The van der Waals surface area contributed by atoms with Crippen LogP contribution in [-0.2, 0) is 9.84 Å². The Hall–Kier alpha value is -2.60. The van der Waals surface area contributed by atoms with Gasteiger partial charge in [0.2, 0.25) is 0 Å². The maximum Gasteiger partial charge on any atom is 0.262 e. The Morgan fingerprint density at radius 1 is 1.15 bits per heavy atom. The maximum atomic E-state index is 13.3. The standard InChI is InChI=1S/C20H21NO4S/c1-3-25-19-7-5-4-6-18(19)20(22)21(16-10-8-15(2)9-11-16)17-12-13-26(23,24)14-17/h4-13,17H,3,14H2,1-2H3. The fourth-order valence-corrected chi connectivity index (χ4v) is 4.21. The van der Waals surface area contributed by atoms with Crippen LogP contribution < -0.4 is 9.64 Å². The van der Waals surface area contributed by atoms with Crippen molar-refractivity contribution >= 4 is 21.4 Å². The van der Waals surface area contributed by atoms with Crippen LogP contribution in [0.3, 0.4) is 0 Å². The van der Waals surface area contributed by atoms with Crippen molar-refractivity contribution in [3.63, 3.8) is 0 Å². The highest BCUT2D eigenvalue weighted by molar-refractivity contribution is 7.94. The summed E-state index contributed by atoms with van der Waals surface area (Å²) < 4.78 is 29.4. The summed E-state index contributed by atoms with van der Waals surface area (Å²) in [7, 11) is -3.30. The van der Waals surface area contributed by atoms with E-state index in [-0.39, 0.29) is 11.7 Å². The van der Waals surface area contributed by atoms with Crippen molar-refractivity contribution in [2.75, 3.05) is 17.3 Å². The van der Waals surface area contributed by atoms with E-state index in [9.17, 15) is 13.2 Å². The number of sulfone groups is 1. The number of benzene rings is 2. The number of amides is 1. The number of ether oxygens (including phenoxy) is 1. The van der Waals surface area contributed by atoms with Gasteiger partial charge in [-0.3, -0.25) is 4.79 Å². The van der Waals surface area contributed by atoms with E-state index in [0.29, 0.717) is 23.6 Å². The summed E-state index contributed by atoms with van der Waals surface area (Å²) in [5.41, 5.74) is 2.12. The molecule has 0 radical (unpaired) electrons. The van der Waals surface area contributed by atoms with Gasteiger partial charge in [-0.25, -0.2) is 8.42 Å². The fourth-order valence-electron chi connectivity index (χ4n) is 2.94. The van der Waals surface area contributed by atoms with E-state index in [1.54, 1.807) is 30.3 Å². The van der Waals surface area contributed by atoms with Gasteiger partial charge in [-0.15, -0.1) is 0 Å². The second-order valence-corrected chi connectivity index (χ2v) is 8.10. The van der Waals surface area contributed by atoms with E-state index in [1.165, 1.54) is 10.3 Å². The molecule has 0 aliphatic carbocycles. The Kier molecular flexibility index (Phi) is 5.13. The molecule has 5 nitrogen and oxygen atoms in total. The molecule has 26 heavy (non-hydrogen) atoms. The molecular weight excluding hydrogens is 350 g/mol. The van der Waals surface area contributed by atoms with Crippen molar-refractivity contribution in [1.82, 2.24) is 0 Å². The highest BCUT2D eigenvalue weighted by Crippen LogP contribution is 2.28. The Labute approximate surface area is 153 Å². The molecule has 0 saturated heterocycles. The molecule has 1 aliphatic rings. The first-order valence-electron chi connectivity index (χ1n) is 8.44. The summed E-state index contributed by atoms with van der Waals surface area (Å²) >= 11 is 0. The topological polar surface area (TPSA) is 63.7 Å². The number of hydrogen-bond donors (Lipinski definition) is 0. The lowest BCUT2D eigenvalue weighted by Crippen LogP contribution is -2.41. The zero-order valence-electron chi connectivity index (χ0n) is 14.8. The molecule has 1 atom stereocenters. The predicted octanol–water partition coefficient (Wildman–Crippen LogP) is 3.35. The van der Waals surface area contributed by atoms with Gasteiger partial charge in [-0.1, -0.05) is 29.8 Å². The Balaban J connectivity index is 2.05. The number of anilines is 1. The molecule has 2 aromatic carbocycles. The van der Waals surface area contributed by atoms with Crippen molar-refractivity contribution < 1.29 is 17.9 Å². The number of aryl methyl sites for hydroxylation is 1. The maximum absolute atomic E-state index is 13.3. The second-order valence-electron chi connectivity index (χ2n) is 6.17. The molecule has 1 amide bonds. The van der Waals surface area contributed by atoms with E-state index < -0.39 is 15.9 Å². The third-order valence-corrected chi connectivity index (χ3v) is 5.57. The van der Waals surface area contributed by atoms with Crippen molar-refractivity contribution in [3.8, 4) is 5.75 Å². The van der Waals surface area contributed by atoms with Crippen LogP contribution in [0.25, 0.3) is 0 Å². The molecular formula is C20H21NO4S. The van der Waals surface area contributed by atoms with Gasteiger partial charge in [-0.2, -0.15) is 0 Å². The summed E-state index contributed by atoms with van der Waals surface area (Å²) in [5, 5.41) is 1.18. The first kappa shape index (κ1) is 18.2. The Morgan fingerprint density at radius 3 is 2.46 bits per heavy atom. The lowest BCUT2D eigenvalue weighted by Gasteiger charge is -2.28. The van der Waals surface area contributed by atoms with Gasteiger partial charge in [0, 0.05) is 11.1 Å². The van der Waals surface area contributed by atoms with Crippen LogP contribution >= 0.6 is 0 Å². The zero-order chi connectivity index (χ0) is 18.7. The number of rotatable bonds is 5. The summed E-state index contributed by atoms with van der Waals surface area (Å²) in [6.45, 7) is 4.25. The molecule has 0 aromatic heterocycles. The number of carbonyl (C=O) groups is 1. The van der Waals surface area contributed by atoms with Gasteiger partial charge in [0.15, 0.2) is 9.84 Å². The highest BCUT2D eigenvalue weighted by atomic mass is 32.2. The van der Waals surface area contributed by atoms with Crippen molar-refractivity contribution in [1.29, 1.82) is 0 Å². The minimum absolute atomic E-state index is 0.122. The second kappa shape index (κ2) is 7.33. The molecule has 0 saturated carbocycles. The van der Waals surface area contributed by atoms with Crippen molar-refractivity contribution in [3.05, 3.63) is 71.1 Å². The van der Waals surface area contributed by atoms with Crippen LogP contribution in [0, 0.1) is 6.92 Å². The lowest BCUT2D eigenvalue weighted by atomic mass is 10.1. The molecule has 0 bridgehead atoms. The summed E-state index contributed by atoms with van der Waals surface area (Å²) in [4.78, 5) is 14.9. The minimum atomic E-state index is -3.30. The van der Waals surface area contributed by atoms with Gasteiger partial charge in [0.05, 0.1) is 24.0 Å². The van der Waals surface area contributed by atoms with Gasteiger partial charge < -0.3 is 9.64 Å². The SMILES string of the molecule is CCOc1ccccc1C(=O)N(c1ccc(C)cc1)C1C=CS(=O)(=O)C1. The monoisotopic (exact) mass is 371 g/mol. The minimum Gasteiger partial charge on any atom is -0.493 e. The van der Waals surface area contributed by atoms with E-state index >= 15 is 0 Å². The zero-order valence-corrected chi connectivity index (χ0v) is 15.6. The normalized spacial score (nSPS) is 17.8. The lowest BCUT2D eigenvalue weighted by molar-refractivity contribution is 0.0979. The third kappa shape index (κ3) is 3.80. The van der Waals surface area contributed by atoms with E-state index in [4.69, 9.17) is 4.74 Å². The number of para-hydroxylation sites is 1. The Morgan fingerprint density at radius 2 is 1.85 bits per heavy atom. The molecule has 2 aromatic rings. The van der Waals surface area contributed by atoms with Crippen LogP contribution in [0.2, 0.25) is 0 Å². The highest BCUT2D eigenvalue weighted by Gasteiger charge is 2.33. The van der Waals surface area contributed by atoms with Crippen LogP contribution in [0.15, 0.2) is 60.0 Å². The number of nitrogens with zero attached hydrogens (tertiary/aromatic N) is 1. The number of hydrogen-bond acceptors (Lipinski definition) is 4. The largest absolute Gasteiger partial charge is 0.493 e. The van der Waals surface area contributed by atoms with Crippen LogP contribution in [0.1, 0.15) is 22.8 Å². The quantitative estimate of drug-likeness (QED) is 0.809. The van der Waals surface area contributed by atoms with Crippen LogP contribution in [-0.4, -0.2) is 32.7 Å². The van der Waals surface area contributed by atoms with Crippen LogP contribution in [0.5, 0.6) is 5.75 Å². The fraction of sp³-hybridized carbons (Fsp3) is 0.250. The molecule has 0 fully saturated rings. The number of carbonyl (C=O) groups excluding carboxylic acids is 1. The molecule has 6 heteroatoms. The van der Waals surface area contributed by atoms with E-state index in [2.05, 4.69) is 0 Å². The Bertz CT molecular complexity index is 933. The van der Waals surface area contributed by atoms with Crippen LogP contribution in [0.4, 0.5) is 5.69 Å². The van der Waals surface area contributed by atoms with Gasteiger partial charge in [0.1, 0.15) is 5.75 Å². The molecule has 1 unspecified atom stereocenters. The first-order valence-corrected chi connectivity index (χ1v) is 10.2. The predicted molar refractivity (Wildman–Crippen MR) is 102 cm³/mol. The molecule has 136 valence electrons. The molecule has 0 N–H and O–H groups in total. The summed E-state index contributed by atoms with van der Waals surface area (Å²) in [5.74, 6) is 0.0789. The summed E-state index contributed by atoms with van der Waals surface area (Å²) in [6, 6.07) is 13.9. The van der Waals surface area contributed by atoms with Gasteiger partial charge in [0.25, 0.3) is 5.91 Å². The van der Waals surface area contributed by atoms with E-state index in [0.717, 1.165) is 5.56 Å². The molecule has 1 heterocycles. The molecule has 3 rings (SSSR count). The molecule has 1 aliphatic heterocycles. The average Bonchev–Trinajstić information content (AvgIpc) is 2.97. The smallest absolute Gasteiger partial charge is 0.262 e. The summed E-state index contributed by atoms with van der Waals surface area (Å²) in [6.07, 6.45) is 1.57. The van der Waals surface area contributed by atoms with Gasteiger partial charge >= 0.3 is 0 Å². The molecule has 0 spiro atoms. The van der Waals surface area contributed by atoms with Crippen molar-refractivity contribution in [2.45, 2.75) is 19.9 Å². The van der Waals surface area contributed by atoms with Crippen molar-refractivity contribution in [2.24, 2.45) is 0 Å². The average molecular weight is 371 g/mol. The third-order valence-electron chi connectivity index (χ3n) is 4.19.